The van der Waals surface area contributed by atoms with Gasteiger partial charge in [0.25, 0.3) is 0 Å². The molecule has 1 aromatic heterocycles. The van der Waals surface area contributed by atoms with Crippen molar-refractivity contribution in [3.8, 4) is 0 Å². The van der Waals surface area contributed by atoms with Gasteiger partial charge in [0, 0.05) is 0 Å². The number of carbonyl (C=O) groups is 1. The molecule has 14 heavy (non-hydrogen) atoms. The number of hydrogen-bond acceptors (Lipinski definition) is 4. The van der Waals surface area contributed by atoms with Gasteiger partial charge in [-0.05, 0) is 18.2 Å². The smallest absolute Gasteiger partial charge is 0.358 e. The fraction of sp³-hybridized carbons (Fsp3) is 0.111. The van der Waals surface area contributed by atoms with E-state index in [0.717, 1.165) is 6.08 Å². The average molecular weight is 196 g/mol. The van der Waals surface area contributed by atoms with E-state index in [2.05, 4.69) is 9.72 Å². The van der Waals surface area contributed by atoms with Crippen LogP contribution in [0.3, 0.4) is 0 Å². The average Bonchev–Trinajstić information content (AvgIpc) is 2.20. The van der Waals surface area contributed by atoms with Crippen molar-refractivity contribution in [1.29, 1.82) is 0 Å². The molecular formula is C9H9FN2O2. The van der Waals surface area contributed by atoms with Gasteiger partial charge in [-0.3, -0.25) is 0 Å². The minimum atomic E-state index is -0.642. The number of carbonyl (C=O) groups excluding carboxylic acids is 1. The molecule has 0 fully saturated rings. The molecule has 0 aliphatic heterocycles. The number of esters is 1. The topological polar surface area (TPSA) is 65.2 Å². The van der Waals surface area contributed by atoms with Gasteiger partial charge in [-0.1, -0.05) is 0 Å². The van der Waals surface area contributed by atoms with Gasteiger partial charge in [0.2, 0.25) is 0 Å². The van der Waals surface area contributed by atoms with E-state index in [0.29, 0.717) is 12.0 Å². The molecule has 0 aromatic carbocycles. The van der Waals surface area contributed by atoms with Crippen molar-refractivity contribution >= 4 is 17.7 Å². The van der Waals surface area contributed by atoms with E-state index in [9.17, 15) is 9.18 Å². The van der Waals surface area contributed by atoms with Crippen molar-refractivity contribution in [3.05, 3.63) is 29.9 Å². The molecule has 4 nitrogen and oxygen atoms in total. The number of methoxy groups -OCH3 is 1. The van der Waals surface area contributed by atoms with Gasteiger partial charge in [-0.2, -0.15) is 0 Å². The van der Waals surface area contributed by atoms with Crippen LogP contribution in [0.4, 0.5) is 10.1 Å². The molecule has 0 saturated heterocycles. The van der Waals surface area contributed by atoms with Crippen molar-refractivity contribution in [1.82, 2.24) is 4.98 Å². The zero-order valence-corrected chi connectivity index (χ0v) is 7.53. The first kappa shape index (κ1) is 10.2. The summed E-state index contributed by atoms with van der Waals surface area (Å²) < 4.78 is 16.3. The van der Waals surface area contributed by atoms with Gasteiger partial charge in [-0.25, -0.2) is 14.2 Å². The summed E-state index contributed by atoms with van der Waals surface area (Å²) in [6.07, 6.45) is 1.45. The molecule has 0 unspecified atom stereocenters. The highest BCUT2D eigenvalue weighted by molar-refractivity contribution is 5.93. The number of anilines is 1. The van der Waals surface area contributed by atoms with E-state index in [4.69, 9.17) is 5.73 Å². The number of rotatable bonds is 2. The molecule has 0 saturated carbocycles. The highest BCUT2D eigenvalue weighted by atomic mass is 19.1. The number of hydrogen-bond donors (Lipinski definition) is 1. The molecular weight excluding hydrogens is 187 g/mol. The maximum Gasteiger partial charge on any atom is 0.358 e. The summed E-state index contributed by atoms with van der Waals surface area (Å²) in [6.45, 7) is 0. The minimum absolute atomic E-state index is 0.0110. The molecule has 0 atom stereocenters. The predicted octanol–water partition coefficient (Wildman–Crippen LogP) is 1.39. The second kappa shape index (κ2) is 4.36. The number of nitrogen functional groups attached to an aromatic ring is 1. The number of ether oxygens (including phenoxy) is 1. The zero-order valence-electron chi connectivity index (χ0n) is 7.53. The van der Waals surface area contributed by atoms with E-state index in [1.807, 2.05) is 0 Å². The quantitative estimate of drug-likeness (QED) is 0.726. The largest absolute Gasteiger partial charge is 0.464 e. The molecule has 2 N–H and O–H groups in total. The first-order chi connectivity index (χ1) is 6.69. The highest BCUT2D eigenvalue weighted by Crippen LogP contribution is 2.11. The van der Waals surface area contributed by atoms with Crippen molar-refractivity contribution in [2.24, 2.45) is 0 Å². The van der Waals surface area contributed by atoms with E-state index >= 15 is 0 Å². The van der Waals surface area contributed by atoms with Gasteiger partial charge in [-0.15, -0.1) is 0 Å². The van der Waals surface area contributed by atoms with Crippen LogP contribution >= 0.6 is 0 Å². The number of halogens is 1. The SMILES string of the molecule is COC(=O)c1nc(C=CF)ccc1N. The van der Waals surface area contributed by atoms with E-state index in [1.165, 1.54) is 19.2 Å². The number of pyridine rings is 1. The van der Waals surface area contributed by atoms with E-state index < -0.39 is 5.97 Å². The Kier molecular flexibility index (Phi) is 3.17. The van der Waals surface area contributed by atoms with Crippen LogP contribution in [0, 0.1) is 0 Å². The fourth-order valence-electron chi connectivity index (χ4n) is 0.903. The number of aromatic nitrogens is 1. The number of nitrogens with two attached hydrogens (primary N) is 1. The summed E-state index contributed by atoms with van der Waals surface area (Å²) >= 11 is 0. The Labute approximate surface area is 80.2 Å². The first-order valence-electron chi connectivity index (χ1n) is 3.80. The third-order valence-corrected chi connectivity index (χ3v) is 1.56. The summed E-state index contributed by atoms with van der Waals surface area (Å²) in [4.78, 5) is 14.9. The van der Waals surface area contributed by atoms with Crippen LogP contribution in [-0.2, 0) is 4.74 Å². The molecule has 0 spiro atoms. The van der Waals surface area contributed by atoms with E-state index in [1.54, 1.807) is 0 Å². The highest BCUT2D eigenvalue weighted by Gasteiger charge is 2.11. The molecule has 0 radical (unpaired) electrons. The van der Waals surface area contributed by atoms with Crippen LogP contribution in [-0.4, -0.2) is 18.1 Å². The van der Waals surface area contributed by atoms with Gasteiger partial charge < -0.3 is 10.5 Å². The molecule has 74 valence electrons. The Hall–Kier alpha value is -1.91. The normalized spacial score (nSPS) is 10.4. The lowest BCUT2D eigenvalue weighted by atomic mass is 10.2. The molecule has 1 aromatic rings. The maximum atomic E-state index is 11.8. The van der Waals surface area contributed by atoms with Crippen molar-refractivity contribution in [2.45, 2.75) is 0 Å². The molecule has 1 heterocycles. The lowest BCUT2D eigenvalue weighted by Gasteiger charge is -2.02. The Morgan fingerprint density at radius 2 is 2.36 bits per heavy atom. The monoisotopic (exact) mass is 196 g/mol. The Balaban J connectivity index is 3.14. The molecule has 0 amide bonds. The summed E-state index contributed by atoms with van der Waals surface area (Å²) in [5, 5.41) is 0. The van der Waals surface area contributed by atoms with Crippen LogP contribution in [0.2, 0.25) is 0 Å². The van der Waals surface area contributed by atoms with Crippen LogP contribution in [0.15, 0.2) is 18.5 Å². The molecule has 1 rings (SSSR count). The van der Waals surface area contributed by atoms with E-state index in [-0.39, 0.29) is 11.4 Å². The molecule has 5 heteroatoms. The van der Waals surface area contributed by atoms with Gasteiger partial charge in [0.05, 0.1) is 24.8 Å². The zero-order chi connectivity index (χ0) is 10.6. The van der Waals surface area contributed by atoms with Crippen LogP contribution in [0.1, 0.15) is 16.2 Å². The summed E-state index contributed by atoms with van der Waals surface area (Å²) in [5.41, 5.74) is 5.98. The third-order valence-electron chi connectivity index (χ3n) is 1.56. The summed E-state index contributed by atoms with van der Waals surface area (Å²) in [5.74, 6) is -0.642. The van der Waals surface area contributed by atoms with Gasteiger partial charge >= 0.3 is 5.97 Å². The second-order valence-electron chi connectivity index (χ2n) is 2.46. The van der Waals surface area contributed by atoms with Crippen molar-refractivity contribution in [3.63, 3.8) is 0 Å². The molecule has 0 aliphatic rings. The predicted molar refractivity (Wildman–Crippen MR) is 50.1 cm³/mol. The van der Waals surface area contributed by atoms with Crippen LogP contribution in [0.5, 0.6) is 0 Å². The lowest BCUT2D eigenvalue weighted by Crippen LogP contribution is -2.08. The van der Waals surface area contributed by atoms with Crippen molar-refractivity contribution < 1.29 is 13.9 Å². The summed E-state index contributed by atoms with van der Waals surface area (Å²) in [6, 6.07) is 2.96. The van der Waals surface area contributed by atoms with Gasteiger partial charge in [0.1, 0.15) is 0 Å². The van der Waals surface area contributed by atoms with Crippen molar-refractivity contribution in [2.75, 3.05) is 12.8 Å². The Bertz CT molecular complexity index is 377. The Morgan fingerprint density at radius 3 is 2.93 bits per heavy atom. The summed E-state index contributed by atoms with van der Waals surface area (Å²) in [7, 11) is 1.22. The first-order valence-corrected chi connectivity index (χ1v) is 3.80. The van der Waals surface area contributed by atoms with Crippen LogP contribution < -0.4 is 5.73 Å². The fourth-order valence-corrected chi connectivity index (χ4v) is 0.903. The molecule has 0 aliphatic carbocycles. The Morgan fingerprint density at radius 1 is 1.64 bits per heavy atom. The van der Waals surface area contributed by atoms with Crippen LogP contribution in [0.25, 0.3) is 6.08 Å². The lowest BCUT2D eigenvalue weighted by molar-refractivity contribution is 0.0595. The maximum absolute atomic E-state index is 11.8. The second-order valence-corrected chi connectivity index (χ2v) is 2.46. The standard InChI is InChI=1S/C9H9FN2O2/c1-14-9(13)8-7(11)3-2-6(12-8)4-5-10/h2-5H,11H2,1H3. The van der Waals surface area contributed by atoms with Gasteiger partial charge in [0.15, 0.2) is 5.69 Å². The minimum Gasteiger partial charge on any atom is -0.464 e. The number of nitrogens with zero attached hydrogens (tertiary/aromatic N) is 1. The molecule has 0 bridgehead atoms. The third kappa shape index (κ3) is 2.07.